The van der Waals surface area contributed by atoms with Crippen molar-refractivity contribution in [2.45, 2.75) is 26.6 Å². The number of hydrogen-bond donors (Lipinski definition) is 1. The molecule has 7 nitrogen and oxygen atoms in total. The average Bonchev–Trinajstić information content (AvgIpc) is 3.49. The smallest absolute Gasteiger partial charge is 0.317 e. The van der Waals surface area contributed by atoms with E-state index in [1.165, 1.54) is 18.2 Å². The van der Waals surface area contributed by atoms with Crippen molar-refractivity contribution in [3.8, 4) is 11.3 Å². The van der Waals surface area contributed by atoms with E-state index < -0.39 is 23.6 Å². The van der Waals surface area contributed by atoms with Gasteiger partial charge in [-0.25, -0.2) is 13.9 Å². The fraction of sp³-hybridized carbons (Fsp3) is 0.133. The van der Waals surface area contributed by atoms with Gasteiger partial charge in [-0.2, -0.15) is 23.4 Å². The SMILES string of the molecule is Cc1nn(Cc2ccc(F)cc2Cl)c(C)c1NC(=O)c1cc2nc(-c3ccc4ccccc4c3)cc(C(F)(F)F)n2n1. The molecule has 12 heteroatoms. The Bertz CT molecular complexity index is 2010. The Labute approximate surface area is 241 Å². The van der Waals surface area contributed by atoms with Gasteiger partial charge in [-0.15, -0.1) is 0 Å². The molecular formula is C30H21ClF4N6O. The summed E-state index contributed by atoms with van der Waals surface area (Å²) in [6, 6.07) is 18.9. The first-order valence-electron chi connectivity index (χ1n) is 12.7. The highest BCUT2D eigenvalue weighted by Crippen LogP contribution is 2.33. The minimum absolute atomic E-state index is 0.0971. The lowest BCUT2D eigenvalue weighted by molar-refractivity contribution is -0.142. The highest BCUT2D eigenvalue weighted by molar-refractivity contribution is 6.31. The number of nitrogens with one attached hydrogen (secondary N) is 1. The van der Waals surface area contributed by atoms with Gasteiger partial charge in [0.1, 0.15) is 5.82 Å². The van der Waals surface area contributed by atoms with E-state index in [2.05, 4.69) is 20.5 Å². The number of amides is 1. The zero-order valence-corrected chi connectivity index (χ0v) is 22.9. The standard InChI is InChI=1S/C30H21ClF4N6O/c1-16-28(17(2)40(38-16)15-21-9-10-22(32)12-23(21)31)37-29(42)25-14-27-36-24(13-26(30(33,34)35)41(27)39-25)20-8-7-18-5-3-4-6-19(18)11-20/h3-14H,15H2,1-2H3,(H,37,42). The summed E-state index contributed by atoms with van der Waals surface area (Å²) in [6.07, 6.45) is -4.76. The van der Waals surface area contributed by atoms with Crippen molar-refractivity contribution in [3.05, 3.63) is 112 Å². The molecule has 0 saturated carbocycles. The quantitative estimate of drug-likeness (QED) is 0.211. The summed E-state index contributed by atoms with van der Waals surface area (Å²) in [5, 5.41) is 13.1. The van der Waals surface area contributed by atoms with Crippen molar-refractivity contribution in [3.63, 3.8) is 0 Å². The zero-order valence-electron chi connectivity index (χ0n) is 22.2. The molecule has 0 aliphatic carbocycles. The lowest BCUT2D eigenvalue weighted by Crippen LogP contribution is -2.16. The van der Waals surface area contributed by atoms with Gasteiger partial charge in [0.2, 0.25) is 0 Å². The monoisotopic (exact) mass is 592 g/mol. The first-order chi connectivity index (χ1) is 20.0. The molecule has 6 rings (SSSR count). The van der Waals surface area contributed by atoms with E-state index in [1.807, 2.05) is 30.3 Å². The second kappa shape index (κ2) is 10.3. The van der Waals surface area contributed by atoms with Gasteiger partial charge in [-0.1, -0.05) is 54.1 Å². The van der Waals surface area contributed by atoms with Crippen LogP contribution in [0.5, 0.6) is 0 Å². The molecular weight excluding hydrogens is 572 g/mol. The second-order valence-electron chi connectivity index (χ2n) is 9.78. The van der Waals surface area contributed by atoms with E-state index in [0.717, 1.165) is 16.8 Å². The van der Waals surface area contributed by atoms with E-state index in [-0.39, 0.29) is 28.6 Å². The Morgan fingerprint density at radius 3 is 2.45 bits per heavy atom. The highest BCUT2D eigenvalue weighted by Gasteiger charge is 2.36. The third kappa shape index (κ3) is 5.07. The van der Waals surface area contributed by atoms with E-state index in [1.54, 1.807) is 36.7 Å². The Hall–Kier alpha value is -4.77. The normalized spacial score (nSPS) is 11.9. The predicted molar refractivity (Wildman–Crippen MR) is 151 cm³/mol. The van der Waals surface area contributed by atoms with Crippen LogP contribution in [0.25, 0.3) is 27.7 Å². The molecule has 0 unspecified atom stereocenters. The number of rotatable bonds is 5. The first kappa shape index (κ1) is 27.4. The number of benzene rings is 3. The van der Waals surface area contributed by atoms with Gasteiger partial charge >= 0.3 is 6.18 Å². The van der Waals surface area contributed by atoms with Crippen molar-refractivity contribution in [2.24, 2.45) is 0 Å². The summed E-state index contributed by atoms with van der Waals surface area (Å²) >= 11 is 6.15. The molecule has 212 valence electrons. The highest BCUT2D eigenvalue weighted by atomic mass is 35.5. The van der Waals surface area contributed by atoms with Gasteiger partial charge in [-0.05, 0) is 54.4 Å². The van der Waals surface area contributed by atoms with Crippen LogP contribution in [-0.4, -0.2) is 30.3 Å². The van der Waals surface area contributed by atoms with Crippen LogP contribution in [0.4, 0.5) is 23.2 Å². The molecule has 0 aliphatic heterocycles. The van der Waals surface area contributed by atoms with Gasteiger partial charge in [0.05, 0.1) is 29.3 Å². The topological polar surface area (TPSA) is 77.1 Å². The molecule has 0 radical (unpaired) electrons. The number of carbonyl (C=O) groups excluding carboxylic acids is 1. The molecule has 0 fully saturated rings. The number of aryl methyl sites for hydroxylation is 1. The van der Waals surface area contributed by atoms with Crippen LogP contribution in [0.2, 0.25) is 5.02 Å². The van der Waals surface area contributed by atoms with Crippen molar-refractivity contribution >= 4 is 39.6 Å². The summed E-state index contributed by atoms with van der Waals surface area (Å²) in [5.74, 6) is -1.20. The van der Waals surface area contributed by atoms with Crippen LogP contribution < -0.4 is 5.32 Å². The maximum Gasteiger partial charge on any atom is 0.433 e. The third-order valence-corrected chi connectivity index (χ3v) is 7.30. The summed E-state index contributed by atoms with van der Waals surface area (Å²) in [4.78, 5) is 17.6. The van der Waals surface area contributed by atoms with Crippen molar-refractivity contribution in [1.29, 1.82) is 0 Å². The van der Waals surface area contributed by atoms with E-state index in [0.29, 0.717) is 32.7 Å². The molecule has 1 amide bonds. The van der Waals surface area contributed by atoms with Crippen LogP contribution in [0, 0.1) is 19.7 Å². The molecule has 0 bridgehead atoms. The van der Waals surface area contributed by atoms with Crippen LogP contribution >= 0.6 is 11.6 Å². The lowest BCUT2D eigenvalue weighted by Gasteiger charge is -2.11. The first-order valence-corrected chi connectivity index (χ1v) is 13.1. The van der Waals surface area contributed by atoms with Gasteiger partial charge < -0.3 is 5.32 Å². The Morgan fingerprint density at radius 1 is 0.952 bits per heavy atom. The lowest BCUT2D eigenvalue weighted by atomic mass is 10.0. The maximum atomic E-state index is 14.1. The minimum Gasteiger partial charge on any atom is -0.317 e. The number of fused-ring (bicyclic) bond motifs is 2. The molecule has 3 heterocycles. The van der Waals surface area contributed by atoms with Crippen LogP contribution in [0.3, 0.4) is 0 Å². The Morgan fingerprint density at radius 2 is 1.71 bits per heavy atom. The summed E-state index contributed by atoms with van der Waals surface area (Å²) < 4.78 is 58.1. The number of halogens is 5. The van der Waals surface area contributed by atoms with Gasteiger partial charge in [0, 0.05) is 16.7 Å². The van der Waals surface area contributed by atoms with E-state index in [9.17, 15) is 22.4 Å². The third-order valence-electron chi connectivity index (χ3n) is 6.95. The summed E-state index contributed by atoms with van der Waals surface area (Å²) in [5.41, 5.74) is 1.17. The van der Waals surface area contributed by atoms with Gasteiger partial charge in [0.25, 0.3) is 5.91 Å². The fourth-order valence-electron chi connectivity index (χ4n) is 4.80. The minimum atomic E-state index is -4.76. The number of hydrogen-bond acceptors (Lipinski definition) is 4. The fourth-order valence-corrected chi connectivity index (χ4v) is 5.03. The van der Waals surface area contributed by atoms with Crippen molar-refractivity contribution in [1.82, 2.24) is 24.4 Å². The van der Waals surface area contributed by atoms with Crippen LogP contribution in [0.15, 0.2) is 72.8 Å². The molecule has 42 heavy (non-hydrogen) atoms. The number of nitrogens with zero attached hydrogens (tertiary/aromatic N) is 5. The van der Waals surface area contributed by atoms with E-state index >= 15 is 0 Å². The summed E-state index contributed by atoms with van der Waals surface area (Å²) in [7, 11) is 0. The molecule has 0 saturated heterocycles. The average molecular weight is 593 g/mol. The predicted octanol–water partition coefficient (Wildman–Crippen LogP) is 7.47. The largest absolute Gasteiger partial charge is 0.433 e. The number of alkyl halides is 3. The Kier molecular flexibility index (Phi) is 6.69. The molecule has 3 aromatic heterocycles. The maximum absolute atomic E-state index is 14.1. The second-order valence-corrected chi connectivity index (χ2v) is 10.2. The molecule has 0 atom stereocenters. The van der Waals surface area contributed by atoms with Crippen LogP contribution in [0.1, 0.15) is 33.1 Å². The number of anilines is 1. The van der Waals surface area contributed by atoms with Crippen LogP contribution in [-0.2, 0) is 12.7 Å². The zero-order chi connectivity index (χ0) is 29.8. The molecule has 0 spiro atoms. The van der Waals surface area contributed by atoms with Gasteiger partial charge in [0.15, 0.2) is 17.0 Å². The van der Waals surface area contributed by atoms with Crippen molar-refractivity contribution in [2.75, 3.05) is 5.32 Å². The molecule has 6 aromatic rings. The van der Waals surface area contributed by atoms with Gasteiger partial charge in [-0.3, -0.25) is 9.48 Å². The molecule has 0 aliphatic rings. The molecule has 1 N–H and O–H groups in total. The number of aromatic nitrogens is 5. The molecule has 3 aromatic carbocycles. The van der Waals surface area contributed by atoms with E-state index in [4.69, 9.17) is 11.6 Å². The van der Waals surface area contributed by atoms with Crippen molar-refractivity contribution < 1.29 is 22.4 Å². The summed E-state index contributed by atoms with van der Waals surface area (Å²) in [6.45, 7) is 3.61. The number of carbonyl (C=O) groups is 1. The Balaban J connectivity index is 1.34.